The highest BCUT2D eigenvalue weighted by Crippen LogP contribution is 2.30. The Morgan fingerprint density at radius 3 is 2.64 bits per heavy atom. The molecular weight excluding hydrogens is 320 g/mol. The van der Waals surface area contributed by atoms with Crippen molar-refractivity contribution in [2.45, 2.75) is 12.5 Å². The van der Waals surface area contributed by atoms with Crippen molar-refractivity contribution in [1.82, 2.24) is 10.6 Å². The van der Waals surface area contributed by atoms with E-state index in [0.29, 0.717) is 32.1 Å². The molecule has 2 aromatic rings. The van der Waals surface area contributed by atoms with Crippen molar-refractivity contribution in [3.05, 3.63) is 54.6 Å². The van der Waals surface area contributed by atoms with Gasteiger partial charge in [-0.3, -0.25) is 0 Å². The quantitative estimate of drug-likeness (QED) is 0.759. The van der Waals surface area contributed by atoms with E-state index < -0.39 is 0 Å². The summed E-state index contributed by atoms with van der Waals surface area (Å²) in [5.74, 6) is 2.28. The molecular formula is C19H22N2O4. The molecule has 1 atom stereocenters. The van der Waals surface area contributed by atoms with E-state index in [9.17, 15) is 4.79 Å². The highest BCUT2D eigenvalue weighted by molar-refractivity contribution is 5.73. The van der Waals surface area contributed by atoms with Gasteiger partial charge in [-0.25, -0.2) is 4.79 Å². The topological polar surface area (TPSA) is 68.8 Å². The number of nitrogens with one attached hydrogen (secondary N) is 2. The molecule has 2 N–H and O–H groups in total. The molecule has 2 amide bonds. The van der Waals surface area contributed by atoms with E-state index in [2.05, 4.69) is 10.6 Å². The number of fused-ring (bicyclic) bond motifs is 1. The zero-order valence-electron chi connectivity index (χ0n) is 13.9. The molecule has 6 heteroatoms. The van der Waals surface area contributed by atoms with Crippen LogP contribution >= 0.6 is 0 Å². The Morgan fingerprint density at radius 1 is 1.04 bits per heavy atom. The normalized spacial score (nSPS) is 15.3. The average molecular weight is 342 g/mol. The minimum atomic E-state index is -0.220. The molecule has 0 radical (unpaired) electrons. The molecule has 0 fully saturated rings. The highest BCUT2D eigenvalue weighted by Gasteiger charge is 2.20. The van der Waals surface area contributed by atoms with Gasteiger partial charge in [0.1, 0.15) is 12.4 Å². The number of rotatable bonds is 7. The second-order valence-corrected chi connectivity index (χ2v) is 5.65. The van der Waals surface area contributed by atoms with Crippen molar-refractivity contribution in [3.8, 4) is 17.2 Å². The van der Waals surface area contributed by atoms with Gasteiger partial charge in [0.15, 0.2) is 17.6 Å². The van der Waals surface area contributed by atoms with E-state index in [-0.39, 0.29) is 12.1 Å². The second-order valence-electron chi connectivity index (χ2n) is 5.65. The van der Waals surface area contributed by atoms with Gasteiger partial charge in [0.25, 0.3) is 0 Å². The van der Waals surface area contributed by atoms with Gasteiger partial charge in [-0.1, -0.05) is 30.3 Å². The molecule has 2 aromatic carbocycles. The number of hydrogen-bond donors (Lipinski definition) is 2. The summed E-state index contributed by atoms with van der Waals surface area (Å²) < 4.78 is 17.0. The highest BCUT2D eigenvalue weighted by atomic mass is 16.6. The molecule has 0 bridgehead atoms. The van der Waals surface area contributed by atoms with Crippen LogP contribution in [-0.4, -0.2) is 38.4 Å². The molecule has 25 heavy (non-hydrogen) atoms. The maximum absolute atomic E-state index is 11.8. The lowest BCUT2D eigenvalue weighted by atomic mass is 10.2. The third-order valence-corrected chi connectivity index (χ3v) is 3.68. The summed E-state index contributed by atoms with van der Waals surface area (Å²) in [5, 5.41) is 5.60. The Labute approximate surface area is 147 Å². The predicted molar refractivity (Wildman–Crippen MR) is 94.3 cm³/mol. The smallest absolute Gasteiger partial charge is 0.314 e. The third kappa shape index (κ3) is 5.31. The summed E-state index contributed by atoms with van der Waals surface area (Å²) in [5.41, 5.74) is 0. The minimum Gasteiger partial charge on any atom is -0.494 e. The van der Waals surface area contributed by atoms with Gasteiger partial charge in [0.2, 0.25) is 0 Å². The predicted octanol–water partition coefficient (Wildman–Crippen LogP) is 2.59. The van der Waals surface area contributed by atoms with Crippen molar-refractivity contribution in [2.75, 3.05) is 26.3 Å². The Morgan fingerprint density at radius 2 is 1.80 bits per heavy atom. The van der Waals surface area contributed by atoms with Crippen LogP contribution in [0.5, 0.6) is 17.2 Å². The minimum absolute atomic E-state index is 0.193. The first kappa shape index (κ1) is 17.0. The van der Waals surface area contributed by atoms with Crippen LogP contribution in [0.15, 0.2) is 54.6 Å². The zero-order chi connectivity index (χ0) is 17.3. The first-order valence-electron chi connectivity index (χ1n) is 8.39. The number of carbonyl (C=O) groups excluding carboxylic acids is 1. The van der Waals surface area contributed by atoms with Gasteiger partial charge >= 0.3 is 6.03 Å². The van der Waals surface area contributed by atoms with Crippen molar-refractivity contribution in [2.24, 2.45) is 0 Å². The maximum atomic E-state index is 11.8. The molecule has 0 aromatic heterocycles. The van der Waals surface area contributed by atoms with Crippen LogP contribution in [0.1, 0.15) is 6.42 Å². The van der Waals surface area contributed by atoms with E-state index in [1.165, 1.54) is 0 Å². The van der Waals surface area contributed by atoms with Gasteiger partial charge < -0.3 is 24.8 Å². The first-order valence-corrected chi connectivity index (χ1v) is 8.39. The summed E-state index contributed by atoms with van der Waals surface area (Å²) in [6, 6.07) is 16.9. The van der Waals surface area contributed by atoms with Crippen molar-refractivity contribution in [3.63, 3.8) is 0 Å². The van der Waals surface area contributed by atoms with Gasteiger partial charge in [0.05, 0.1) is 13.2 Å². The first-order chi connectivity index (χ1) is 12.3. The summed E-state index contributed by atoms with van der Waals surface area (Å²) in [6.07, 6.45) is 0.542. The summed E-state index contributed by atoms with van der Waals surface area (Å²) in [4.78, 5) is 11.8. The fourth-order valence-electron chi connectivity index (χ4n) is 2.41. The summed E-state index contributed by atoms with van der Waals surface area (Å²) in [6.45, 7) is 1.91. The van der Waals surface area contributed by atoms with E-state index in [1.807, 2.05) is 54.6 Å². The number of benzene rings is 2. The van der Waals surface area contributed by atoms with Crippen molar-refractivity contribution >= 4 is 6.03 Å². The van der Waals surface area contributed by atoms with Crippen LogP contribution in [0.3, 0.4) is 0 Å². The van der Waals surface area contributed by atoms with Gasteiger partial charge in [-0.05, 0) is 30.7 Å². The Bertz CT molecular complexity index is 678. The summed E-state index contributed by atoms with van der Waals surface area (Å²) >= 11 is 0. The van der Waals surface area contributed by atoms with E-state index in [4.69, 9.17) is 14.2 Å². The van der Waals surface area contributed by atoms with Crippen LogP contribution in [0.4, 0.5) is 4.79 Å². The fourth-order valence-corrected chi connectivity index (χ4v) is 2.41. The molecule has 132 valence electrons. The standard InChI is InChI=1S/C19H22N2O4/c22-19(20-11-6-12-23-15-7-2-1-3-8-15)21-13-16-14-24-17-9-4-5-10-18(17)25-16/h1-5,7-10,16H,6,11-14H2,(H2,20,21,22). The average Bonchev–Trinajstić information content (AvgIpc) is 2.67. The number of para-hydroxylation sites is 3. The number of carbonyl (C=O) groups is 1. The lowest BCUT2D eigenvalue weighted by molar-refractivity contribution is 0.0918. The van der Waals surface area contributed by atoms with E-state index in [1.54, 1.807) is 0 Å². The van der Waals surface area contributed by atoms with Crippen LogP contribution in [-0.2, 0) is 0 Å². The SMILES string of the molecule is O=C(NCCCOc1ccccc1)NCC1COc2ccccc2O1. The lowest BCUT2D eigenvalue weighted by Crippen LogP contribution is -2.44. The molecule has 0 saturated carbocycles. The van der Waals surface area contributed by atoms with Crippen molar-refractivity contribution < 1.29 is 19.0 Å². The third-order valence-electron chi connectivity index (χ3n) is 3.68. The van der Waals surface area contributed by atoms with Crippen LogP contribution < -0.4 is 24.8 Å². The lowest BCUT2D eigenvalue weighted by Gasteiger charge is -2.26. The van der Waals surface area contributed by atoms with Gasteiger partial charge in [0, 0.05) is 6.54 Å². The Kier molecular flexibility index (Phi) is 5.98. The molecule has 1 heterocycles. The van der Waals surface area contributed by atoms with E-state index >= 15 is 0 Å². The molecule has 0 aliphatic carbocycles. The number of ether oxygens (including phenoxy) is 3. The molecule has 0 saturated heterocycles. The zero-order valence-corrected chi connectivity index (χ0v) is 13.9. The van der Waals surface area contributed by atoms with Gasteiger partial charge in [-0.2, -0.15) is 0 Å². The van der Waals surface area contributed by atoms with Crippen LogP contribution in [0.25, 0.3) is 0 Å². The molecule has 0 spiro atoms. The van der Waals surface area contributed by atoms with Crippen LogP contribution in [0, 0.1) is 0 Å². The molecule has 3 rings (SSSR count). The molecule has 1 unspecified atom stereocenters. The fraction of sp³-hybridized carbons (Fsp3) is 0.316. The molecule has 6 nitrogen and oxygen atoms in total. The monoisotopic (exact) mass is 342 g/mol. The maximum Gasteiger partial charge on any atom is 0.314 e. The van der Waals surface area contributed by atoms with Gasteiger partial charge in [-0.15, -0.1) is 0 Å². The summed E-state index contributed by atoms with van der Waals surface area (Å²) in [7, 11) is 0. The van der Waals surface area contributed by atoms with Crippen LogP contribution in [0.2, 0.25) is 0 Å². The number of urea groups is 1. The molecule has 1 aliphatic rings. The Balaban J connectivity index is 1.27. The molecule has 1 aliphatic heterocycles. The second kappa shape index (κ2) is 8.82. The number of amides is 2. The van der Waals surface area contributed by atoms with Crippen molar-refractivity contribution in [1.29, 1.82) is 0 Å². The van der Waals surface area contributed by atoms with E-state index in [0.717, 1.165) is 17.9 Å². The number of hydrogen-bond acceptors (Lipinski definition) is 4. The largest absolute Gasteiger partial charge is 0.494 e. The Hall–Kier alpha value is -2.89.